The van der Waals surface area contributed by atoms with E-state index in [9.17, 15) is 21.2 Å². The third-order valence-corrected chi connectivity index (χ3v) is 9.99. The third kappa shape index (κ3) is 4.60. The van der Waals surface area contributed by atoms with Crippen LogP contribution in [-0.2, 0) is 19.9 Å². The van der Waals surface area contributed by atoms with Gasteiger partial charge in [-0.05, 0) is 31.5 Å². The summed E-state index contributed by atoms with van der Waals surface area (Å²) in [6, 6.07) is 5.19. The highest BCUT2D eigenvalue weighted by Gasteiger charge is 2.40. The Balaban J connectivity index is 1.66. The number of hydrogen-bond donors (Lipinski definition) is 1. The van der Waals surface area contributed by atoms with Gasteiger partial charge in [0.2, 0.25) is 16.0 Å². The maximum absolute atomic E-state index is 15.1. The van der Waals surface area contributed by atoms with Crippen molar-refractivity contribution in [2.24, 2.45) is 0 Å². The van der Waals surface area contributed by atoms with Crippen molar-refractivity contribution in [3.63, 3.8) is 0 Å². The van der Waals surface area contributed by atoms with Gasteiger partial charge in [0, 0.05) is 29.6 Å². The average Bonchev–Trinajstić information content (AvgIpc) is 3.28. The minimum absolute atomic E-state index is 0.0396. The molecule has 0 saturated carbocycles. The number of nitrogens with one attached hydrogen (secondary N) is 1. The lowest BCUT2D eigenvalue weighted by molar-refractivity contribution is 0.554. The molecule has 202 valence electrons. The van der Waals surface area contributed by atoms with Gasteiger partial charge in [0.05, 0.1) is 11.9 Å². The molecule has 0 aliphatic heterocycles. The van der Waals surface area contributed by atoms with Crippen LogP contribution in [0.2, 0.25) is 5.15 Å². The van der Waals surface area contributed by atoms with Crippen molar-refractivity contribution in [1.82, 2.24) is 18.9 Å². The maximum Gasteiger partial charge on any atom is 0.248 e. The summed E-state index contributed by atoms with van der Waals surface area (Å²) in [6.45, 7) is 1.56. The van der Waals surface area contributed by atoms with E-state index < -0.39 is 41.1 Å². The van der Waals surface area contributed by atoms with E-state index >= 15 is 4.39 Å². The molecule has 1 atom stereocenters. The minimum Gasteiger partial charge on any atom is -0.322 e. The molecule has 3 aromatic heterocycles. The Morgan fingerprint density at radius 1 is 1.10 bits per heavy atom. The molecule has 9 nitrogen and oxygen atoms in total. The lowest BCUT2D eigenvalue weighted by atomic mass is 10.0. The van der Waals surface area contributed by atoms with Crippen LogP contribution in [0.3, 0.4) is 0 Å². The molecule has 0 spiro atoms. The molecule has 3 heterocycles. The van der Waals surface area contributed by atoms with E-state index in [1.807, 2.05) is 0 Å². The summed E-state index contributed by atoms with van der Waals surface area (Å²) >= 11 is 6.34. The highest BCUT2D eigenvalue weighted by Crippen LogP contribution is 2.39. The number of nitrogens with zero attached hydrogens (tertiary/aromatic N) is 4. The molecule has 39 heavy (non-hydrogen) atoms. The first-order chi connectivity index (χ1) is 18.3. The fraction of sp³-hybridized carbons (Fsp3) is 0.160. The predicted octanol–water partition coefficient (Wildman–Crippen LogP) is 5.02. The smallest absolute Gasteiger partial charge is 0.248 e. The summed E-state index contributed by atoms with van der Waals surface area (Å²) in [7, 11) is -7.99. The summed E-state index contributed by atoms with van der Waals surface area (Å²) in [5.41, 5.74) is -0.432. The largest absolute Gasteiger partial charge is 0.322 e. The second kappa shape index (κ2) is 9.50. The van der Waals surface area contributed by atoms with Crippen LogP contribution >= 0.6 is 11.6 Å². The number of halogens is 3. The Bertz CT molecular complexity index is 1920. The average molecular weight is 592 g/mol. The molecule has 0 bridgehead atoms. The van der Waals surface area contributed by atoms with Crippen LogP contribution < -0.4 is 5.32 Å². The van der Waals surface area contributed by atoms with Crippen molar-refractivity contribution in [3.05, 3.63) is 83.9 Å². The first-order valence-corrected chi connectivity index (χ1v) is 15.1. The van der Waals surface area contributed by atoms with Gasteiger partial charge >= 0.3 is 0 Å². The lowest BCUT2D eigenvalue weighted by Crippen LogP contribution is -2.37. The van der Waals surface area contributed by atoms with Crippen LogP contribution in [0.5, 0.6) is 0 Å². The molecule has 1 aliphatic rings. The number of sulfone groups is 1. The van der Waals surface area contributed by atoms with Crippen molar-refractivity contribution in [2.75, 3.05) is 11.6 Å². The molecule has 5 rings (SSSR count). The molecule has 14 heteroatoms. The Hall–Kier alpha value is -3.68. The van der Waals surface area contributed by atoms with Crippen molar-refractivity contribution in [3.8, 4) is 11.3 Å². The van der Waals surface area contributed by atoms with Gasteiger partial charge in [-0.1, -0.05) is 42.0 Å². The zero-order valence-corrected chi connectivity index (χ0v) is 22.8. The summed E-state index contributed by atoms with van der Waals surface area (Å²) in [5.74, 6) is -2.20. The highest BCUT2D eigenvalue weighted by molar-refractivity contribution is 7.91. The second-order valence-corrected chi connectivity index (χ2v) is 13.7. The Labute approximate surface area is 227 Å². The van der Waals surface area contributed by atoms with E-state index in [0.717, 1.165) is 22.5 Å². The molecule has 1 aromatic carbocycles. The van der Waals surface area contributed by atoms with Crippen LogP contribution in [0.4, 0.5) is 20.4 Å². The zero-order chi connectivity index (χ0) is 28.2. The Kier molecular flexibility index (Phi) is 6.56. The van der Waals surface area contributed by atoms with Gasteiger partial charge < -0.3 is 5.32 Å². The van der Waals surface area contributed by atoms with Crippen LogP contribution in [0.25, 0.3) is 22.2 Å². The predicted molar refractivity (Wildman–Crippen MR) is 144 cm³/mol. The standard InChI is InChI=1S/C25H20ClF2N5O4S2/c1-25(10-4-3-5-11-25)39(36,37)33-14-16(15-9-12-29-23(26)22(15)33)21-17(27)13-30-24(32-21)31-18-7-6-8-19(20(18)28)38(2,34)35/h3-10,12-14H,11H2,1-2H3,(H,30,31,32). The van der Waals surface area contributed by atoms with Gasteiger partial charge in [-0.2, -0.15) is 0 Å². The van der Waals surface area contributed by atoms with Crippen LogP contribution in [-0.4, -0.2) is 46.8 Å². The summed E-state index contributed by atoms with van der Waals surface area (Å²) in [6.07, 6.45) is 11.1. The van der Waals surface area contributed by atoms with Gasteiger partial charge in [0.1, 0.15) is 20.9 Å². The highest BCUT2D eigenvalue weighted by atomic mass is 35.5. The number of aromatic nitrogens is 4. The number of rotatable bonds is 6. The summed E-state index contributed by atoms with van der Waals surface area (Å²) in [5, 5.41) is 2.71. The number of allylic oxidation sites excluding steroid dienone is 3. The van der Waals surface area contributed by atoms with Crippen LogP contribution in [0.1, 0.15) is 13.3 Å². The van der Waals surface area contributed by atoms with Gasteiger partial charge in [-0.25, -0.2) is 44.5 Å². The number of benzene rings is 1. The summed E-state index contributed by atoms with van der Waals surface area (Å²) < 4.78 is 81.1. The van der Waals surface area contributed by atoms with E-state index in [4.69, 9.17) is 11.6 Å². The van der Waals surface area contributed by atoms with E-state index in [2.05, 4.69) is 20.3 Å². The fourth-order valence-electron chi connectivity index (χ4n) is 4.24. The van der Waals surface area contributed by atoms with Crippen molar-refractivity contribution >= 4 is 54.0 Å². The van der Waals surface area contributed by atoms with Gasteiger partial charge in [-0.3, -0.25) is 0 Å². The van der Waals surface area contributed by atoms with E-state index in [1.54, 1.807) is 31.2 Å². The van der Waals surface area contributed by atoms with Crippen molar-refractivity contribution < 1.29 is 25.6 Å². The van der Waals surface area contributed by atoms with E-state index in [0.29, 0.717) is 0 Å². The fourth-order valence-corrected chi connectivity index (χ4v) is 6.98. The molecule has 1 aliphatic carbocycles. The molecule has 0 radical (unpaired) electrons. The normalized spacial score (nSPS) is 17.6. The SMILES string of the molecule is CC1(S(=O)(=O)n2cc(-c3nc(Nc4cccc(S(C)(=O)=O)c4F)ncc3F)c3ccnc(Cl)c32)C=CC=CC1. The van der Waals surface area contributed by atoms with Crippen molar-refractivity contribution in [2.45, 2.75) is 23.0 Å². The number of hydrogen-bond acceptors (Lipinski definition) is 8. The minimum atomic E-state index is -4.13. The van der Waals surface area contributed by atoms with E-state index in [1.165, 1.54) is 30.6 Å². The molecule has 1 unspecified atom stereocenters. The van der Waals surface area contributed by atoms with Crippen LogP contribution in [0.15, 0.2) is 72.1 Å². The first kappa shape index (κ1) is 26.9. The third-order valence-electron chi connectivity index (χ3n) is 6.31. The lowest BCUT2D eigenvalue weighted by Gasteiger charge is -2.27. The molecular formula is C25H20ClF2N5O4S2. The van der Waals surface area contributed by atoms with Gasteiger partial charge in [0.25, 0.3) is 0 Å². The van der Waals surface area contributed by atoms with Crippen molar-refractivity contribution in [1.29, 1.82) is 0 Å². The number of pyridine rings is 1. The maximum atomic E-state index is 15.1. The summed E-state index contributed by atoms with van der Waals surface area (Å²) in [4.78, 5) is 11.5. The molecule has 4 aromatic rings. The monoisotopic (exact) mass is 591 g/mol. The molecular weight excluding hydrogens is 572 g/mol. The van der Waals surface area contributed by atoms with Gasteiger partial charge in [0.15, 0.2) is 26.6 Å². The number of fused-ring (bicyclic) bond motifs is 1. The zero-order valence-electron chi connectivity index (χ0n) is 20.4. The quantitative estimate of drug-likeness (QED) is 0.310. The topological polar surface area (TPSA) is 124 Å². The molecule has 1 N–H and O–H groups in total. The first-order valence-electron chi connectivity index (χ1n) is 11.4. The van der Waals surface area contributed by atoms with Gasteiger partial charge in [-0.15, -0.1) is 0 Å². The Morgan fingerprint density at radius 3 is 2.56 bits per heavy atom. The number of anilines is 2. The molecule has 0 amide bonds. The Morgan fingerprint density at radius 2 is 1.87 bits per heavy atom. The molecule has 0 fully saturated rings. The molecule has 0 saturated heterocycles. The van der Waals surface area contributed by atoms with Crippen LogP contribution in [0, 0.1) is 11.6 Å². The van der Waals surface area contributed by atoms with E-state index in [-0.39, 0.29) is 45.4 Å². The second-order valence-electron chi connectivity index (χ2n) is 9.05.